The van der Waals surface area contributed by atoms with Crippen LogP contribution in [0.3, 0.4) is 0 Å². The molecule has 28 heavy (non-hydrogen) atoms. The highest BCUT2D eigenvalue weighted by Crippen LogP contribution is 2.32. The van der Waals surface area contributed by atoms with E-state index < -0.39 is 29.5 Å². The SMILES string of the molecule is Cc1ccc(-n2[nH]c(C(=O)NC(c3ccc(F)cc3)C(F)(F)F)cc2=O)cc1. The number of halogens is 4. The molecule has 0 aliphatic carbocycles. The van der Waals surface area contributed by atoms with Crippen molar-refractivity contribution >= 4 is 5.91 Å². The topological polar surface area (TPSA) is 66.9 Å². The lowest BCUT2D eigenvalue weighted by Gasteiger charge is -2.21. The molecule has 5 nitrogen and oxygen atoms in total. The summed E-state index contributed by atoms with van der Waals surface area (Å²) >= 11 is 0. The number of aromatic amines is 1. The molecule has 1 amide bonds. The fourth-order valence-corrected chi connectivity index (χ4v) is 2.62. The van der Waals surface area contributed by atoms with E-state index in [1.807, 2.05) is 12.2 Å². The molecule has 0 spiro atoms. The first-order chi connectivity index (χ1) is 13.1. The summed E-state index contributed by atoms with van der Waals surface area (Å²) in [7, 11) is 0. The van der Waals surface area contributed by atoms with E-state index in [1.165, 1.54) is 0 Å². The summed E-state index contributed by atoms with van der Waals surface area (Å²) < 4.78 is 54.2. The van der Waals surface area contributed by atoms with Crippen molar-refractivity contribution < 1.29 is 22.4 Å². The molecule has 146 valence electrons. The number of nitrogens with one attached hydrogen (secondary N) is 2. The van der Waals surface area contributed by atoms with Crippen molar-refractivity contribution in [2.24, 2.45) is 0 Å². The molecular formula is C19H15F4N3O2. The van der Waals surface area contributed by atoms with Crippen molar-refractivity contribution in [1.29, 1.82) is 0 Å². The van der Waals surface area contributed by atoms with Crippen molar-refractivity contribution in [2.75, 3.05) is 0 Å². The third-order valence-electron chi connectivity index (χ3n) is 4.06. The largest absolute Gasteiger partial charge is 0.412 e. The molecule has 1 unspecified atom stereocenters. The van der Waals surface area contributed by atoms with Gasteiger partial charge in [0.1, 0.15) is 11.5 Å². The molecular weight excluding hydrogens is 378 g/mol. The molecule has 0 bridgehead atoms. The Bertz CT molecular complexity index is 1030. The summed E-state index contributed by atoms with van der Waals surface area (Å²) in [4.78, 5) is 24.4. The van der Waals surface area contributed by atoms with Crippen molar-refractivity contribution in [3.05, 3.63) is 87.6 Å². The third-order valence-corrected chi connectivity index (χ3v) is 4.06. The standard InChI is InChI=1S/C19H15F4N3O2/c1-11-2-8-14(9-3-11)26-16(27)10-15(25-26)18(28)24-17(19(21,22)23)12-4-6-13(20)7-5-12/h2-10,17,25H,1H3,(H,24,28). The van der Waals surface area contributed by atoms with Gasteiger partial charge >= 0.3 is 6.18 Å². The molecule has 0 aliphatic heterocycles. The molecule has 0 aliphatic rings. The minimum atomic E-state index is -4.81. The van der Waals surface area contributed by atoms with Crippen LogP contribution in [0.4, 0.5) is 17.6 Å². The zero-order valence-electron chi connectivity index (χ0n) is 14.5. The van der Waals surface area contributed by atoms with Crippen molar-refractivity contribution in [3.63, 3.8) is 0 Å². The lowest BCUT2D eigenvalue weighted by Crippen LogP contribution is -2.38. The third kappa shape index (κ3) is 4.13. The van der Waals surface area contributed by atoms with E-state index in [9.17, 15) is 27.2 Å². The number of amides is 1. The summed E-state index contributed by atoms with van der Waals surface area (Å²) in [6.07, 6.45) is -4.81. The number of aromatic nitrogens is 2. The van der Waals surface area contributed by atoms with Crippen LogP contribution in [0, 0.1) is 12.7 Å². The quantitative estimate of drug-likeness (QED) is 0.665. The maximum absolute atomic E-state index is 13.4. The molecule has 0 fully saturated rings. The van der Waals surface area contributed by atoms with Gasteiger partial charge < -0.3 is 5.32 Å². The monoisotopic (exact) mass is 393 g/mol. The molecule has 2 N–H and O–H groups in total. The van der Waals surface area contributed by atoms with E-state index in [0.717, 1.165) is 40.6 Å². The van der Waals surface area contributed by atoms with Crippen molar-refractivity contribution in [2.45, 2.75) is 19.1 Å². The number of carbonyl (C=O) groups excluding carboxylic acids is 1. The van der Waals surface area contributed by atoms with Gasteiger partial charge in [-0.15, -0.1) is 0 Å². The fourth-order valence-electron chi connectivity index (χ4n) is 2.62. The number of benzene rings is 2. The minimum absolute atomic E-state index is 0.331. The van der Waals surface area contributed by atoms with Gasteiger partial charge in [-0.25, -0.2) is 9.07 Å². The van der Waals surface area contributed by atoms with Gasteiger partial charge in [0.05, 0.1) is 5.69 Å². The number of nitrogens with zero attached hydrogens (tertiary/aromatic N) is 1. The number of hydrogen-bond acceptors (Lipinski definition) is 2. The van der Waals surface area contributed by atoms with Crippen LogP contribution in [0.15, 0.2) is 59.4 Å². The number of hydrogen-bond donors (Lipinski definition) is 2. The van der Waals surface area contributed by atoms with Gasteiger partial charge in [-0.05, 0) is 36.8 Å². The Morgan fingerprint density at radius 1 is 1.07 bits per heavy atom. The molecule has 1 aromatic heterocycles. The molecule has 3 aromatic rings. The lowest BCUT2D eigenvalue weighted by atomic mass is 10.1. The van der Waals surface area contributed by atoms with Crippen LogP contribution in [0.1, 0.15) is 27.7 Å². The zero-order valence-corrected chi connectivity index (χ0v) is 14.5. The summed E-state index contributed by atoms with van der Waals surface area (Å²) in [5.41, 5.74) is 0.123. The average Bonchev–Trinajstić information content (AvgIpc) is 3.02. The highest BCUT2D eigenvalue weighted by atomic mass is 19.4. The van der Waals surface area contributed by atoms with E-state index in [2.05, 4.69) is 5.10 Å². The van der Waals surface area contributed by atoms with Crippen molar-refractivity contribution in [1.82, 2.24) is 15.1 Å². The summed E-state index contributed by atoms with van der Waals surface area (Å²) in [5.74, 6) is -1.81. The Morgan fingerprint density at radius 2 is 1.68 bits per heavy atom. The van der Waals surface area contributed by atoms with E-state index in [-0.39, 0.29) is 11.3 Å². The Hall–Kier alpha value is -3.36. The minimum Gasteiger partial charge on any atom is -0.335 e. The van der Waals surface area contributed by atoms with Gasteiger partial charge in [0.2, 0.25) is 0 Å². The second kappa shape index (κ2) is 7.34. The van der Waals surface area contributed by atoms with Gasteiger partial charge in [-0.1, -0.05) is 29.8 Å². The number of carbonyl (C=O) groups is 1. The summed E-state index contributed by atoms with van der Waals surface area (Å²) in [5, 5.41) is 4.34. The van der Waals surface area contributed by atoms with Gasteiger partial charge in [-0.2, -0.15) is 13.2 Å². The first kappa shape index (κ1) is 19.4. The van der Waals surface area contributed by atoms with E-state index in [4.69, 9.17) is 0 Å². The predicted octanol–water partition coefficient (Wildman–Crippen LogP) is 3.65. The molecule has 3 rings (SSSR count). The van der Waals surface area contributed by atoms with Crippen molar-refractivity contribution in [3.8, 4) is 5.69 Å². The van der Waals surface area contributed by atoms with Crippen LogP contribution in [0.25, 0.3) is 5.69 Å². The van der Waals surface area contributed by atoms with Gasteiger partial charge in [0.15, 0.2) is 6.04 Å². The lowest BCUT2D eigenvalue weighted by molar-refractivity contribution is -0.155. The average molecular weight is 393 g/mol. The summed E-state index contributed by atoms with van der Waals surface area (Å²) in [6.45, 7) is 1.85. The van der Waals surface area contributed by atoms with Gasteiger partial charge in [-0.3, -0.25) is 14.7 Å². The van der Waals surface area contributed by atoms with Gasteiger partial charge in [0.25, 0.3) is 11.5 Å². The Labute approximate surface area is 156 Å². The Morgan fingerprint density at radius 3 is 2.25 bits per heavy atom. The molecule has 0 saturated carbocycles. The molecule has 0 saturated heterocycles. The van der Waals surface area contributed by atoms with Crippen LogP contribution < -0.4 is 10.9 Å². The van der Waals surface area contributed by atoms with E-state index >= 15 is 0 Å². The predicted molar refractivity (Wildman–Crippen MR) is 93.8 cm³/mol. The first-order valence-corrected chi connectivity index (χ1v) is 8.17. The molecule has 9 heteroatoms. The second-order valence-corrected chi connectivity index (χ2v) is 6.18. The first-order valence-electron chi connectivity index (χ1n) is 8.17. The van der Waals surface area contributed by atoms with Crippen LogP contribution in [-0.4, -0.2) is 21.9 Å². The Balaban J connectivity index is 1.88. The molecule has 1 atom stereocenters. The van der Waals surface area contributed by atoms with Crippen LogP contribution >= 0.6 is 0 Å². The summed E-state index contributed by atoms with van der Waals surface area (Å²) in [6, 6.07) is 8.93. The molecule has 0 radical (unpaired) electrons. The molecule has 1 heterocycles. The van der Waals surface area contributed by atoms with Crippen LogP contribution in [0.5, 0.6) is 0 Å². The molecule has 2 aromatic carbocycles. The normalized spacial score (nSPS) is 12.6. The van der Waals surface area contributed by atoms with E-state index in [0.29, 0.717) is 5.69 Å². The zero-order chi connectivity index (χ0) is 20.5. The fraction of sp³-hybridized carbons (Fsp3) is 0.158. The number of aryl methyl sites for hydroxylation is 1. The number of H-pyrrole nitrogens is 1. The van der Waals surface area contributed by atoms with Crippen LogP contribution in [-0.2, 0) is 0 Å². The smallest absolute Gasteiger partial charge is 0.335 e. The number of rotatable bonds is 4. The second-order valence-electron chi connectivity index (χ2n) is 6.18. The maximum Gasteiger partial charge on any atom is 0.412 e. The highest BCUT2D eigenvalue weighted by Gasteiger charge is 2.42. The Kier molecular flexibility index (Phi) is 5.08. The maximum atomic E-state index is 13.4. The van der Waals surface area contributed by atoms with Gasteiger partial charge in [0, 0.05) is 6.07 Å². The van der Waals surface area contributed by atoms with E-state index in [1.54, 1.807) is 24.3 Å². The van der Waals surface area contributed by atoms with Crippen LogP contribution in [0.2, 0.25) is 0 Å². The highest BCUT2D eigenvalue weighted by molar-refractivity contribution is 5.92. The number of alkyl halides is 3.